The number of sulfonamides is 1. The summed E-state index contributed by atoms with van der Waals surface area (Å²) in [4.78, 5) is 31.1. The number of guanidine groups is 1. The predicted molar refractivity (Wildman–Crippen MR) is 146 cm³/mol. The molecule has 5 N–H and O–H groups in total. The summed E-state index contributed by atoms with van der Waals surface area (Å²) in [5, 5.41) is 18.7. The Kier molecular flexibility index (Phi) is 9.38. The second kappa shape index (κ2) is 12.9. The van der Waals surface area contributed by atoms with Crippen molar-refractivity contribution in [1.82, 2.24) is 20.7 Å². The van der Waals surface area contributed by atoms with Crippen molar-refractivity contribution >= 4 is 33.5 Å². The number of anilines is 1. The van der Waals surface area contributed by atoms with Crippen molar-refractivity contribution in [3.8, 4) is 0 Å². The van der Waals surface area contributed by atoms with Gasteiger partial charge in [0.15, 0.2) is 5.96 Å². The molecular formula is C26H34N6O6S. The Morgan fingerprint density at radius 1 is 1.21 bits per heavy atom. The Labute approximate surface area is 227 Å². The summed E-state index contributed by atoms with van der Waals surface area (Å²) in [6.45, 7) is 2.70. The van der Waals surface area contributed by atoms with Crippen LogP contribution in [0.4, 0.5) is 5.69 Å². The summed E-state index contributed by atoms with van der Waals surface area (Å²) in [6, 6.07) is 12.9. The molecule has 2 heterocycles. The number of carbonyl (C=O) groups is 2. The number of methoxy groups -OCH3 is 1. The molecule has 0 radical (unpaired) electrons. The lowest BCUT2D eigenvalue weighted by Crippen LogP contribution is -2.48. The van der Waals surface area contributed by atoms with Crippen molar-refractivity contribution in [2.45, 2.75) is 30.0 Å². The number of hydrogen-bond acceptors (Lipinski definition) is 9. The molecule has 1 amide bonds. The van der Waals surface area contributed by atoms with Gasteiger partial charge < -0.3 is 30.7 Å². The van der Waals surface area contributed by atoms with Crippen LogP contribution < -0.4 is 25.6 Å². The zero-order valence-electron chi connectivity index (χ0n) is 21.7. The lowest BCUT2D eigenvalue weighted by Gasteiger charge is -2.29. The molecule has 0 aromatic heterocycles. The van der Waals surface area contributed by atoms with E-state index in [4.69, 9.17) is 4.74 Å². The number of amides is 1. The number of aliphatic carboxylic acids is 1. The molecular weight excluding hydrogens is 524 g/mol. The number of benzene rings is 2. The molecule has 210 valence electrons. The van der Waals surface area contributed by atoms with E-state index in [1.165, 1.54) is 24.3 Å². The first-order valence-electron chi connectivity index (χ1n) is 12.8. The zero-order valence-corrected chi connectivity index (χ0v) is 22.5. The third kappa shape index (κ3) is 7.25. The first-order valence-corrected chi connectivity index (χ1v) is 14.3. The van der Waals surface area contributed by atoms with Crippen LogP contribution in [0.2, 0.25) is 0 Å². The fourth-order valence-corrected chi connectivity index (χ4v) is 5.87. The molecule has 39 heavy (non-hydrogen) atoms. The highest BCUT2D eigenvalue weighted by molar-refractivity contribution is 7.89. The van der Waals surface area contributed by atoms with Gasteiger partial charge in [0.25, 0.3) is 5.91 Å². The van der Waals surface area contributed by atoms with Gasteiger partial charge in [0, 0.05) is 57.0 Å². The van der Waals surface area contributed by atoms with Crippen molar-refractivity contribution in [1.29, 1.82) is 0 Å². The fraction of sp³-hybridized carbons (Fsp3) is 0.423. The highest BCUT2D eigenvalue weighted by Gasteiger charge is 2.35. The van der Waals surface area contributed by atoms with E-state index in [-0.39, 0.29) is 17.0 Å². The normalized spacial score (nSPS) is 20.0. The summed E-state index contributed by atoms with van der Waals surface area (Å²) in [5.41, 5.74) is 1.12. The quantitative estimate of drug-likeness (QED) is 0.266. The van der Waals surface area contributed by atoms with Crippen LogP contribution in [0.5, 0.6) is 0 Å². The molecule has 0 unspecified atom stereocenters. The van der Waals surface area contributed by atoms with Crippen LogP contribution in [-0.2, 0) is 19.6 Å². The largest absolute Gasteiger partial charge is 0.480 e. The number of ether oxygens (including phenoxy) is 1. The third-order valence-corrected chi connectivity index (χ3v) is 8.17. The average Bonchev–Trinajstić information content (AvgIpc) is 3.38. The molecule has 2 aliphatic heterocycles. The monoisotopic (exact) mass is 558 g/mol. The van der Waals surface area contributed by atoms with Crippen LogP contribution in [0.3, 0.4) is 0 Å². The molecule has 1 fully saturated rings. The second-order valence-corrected chi connectivity index (χ2v) is 11.1. The van der Waals surface area contributed by atoms with Crippen molar-refractivity contribution in [2.24, 2.45) is 10.9 Å². The van der Waals surface area contributed by atoms with E-state index in [0.29, 0.717) is 12.1 Å². The van der Waals surface area contributed by atoms with Gasteiger partial charge in [-0.1, -0.05) is 24.3 Å². The van der Waals surface area contributed by atoms with Crippen LogP contribution in [0.1, 0.15) is 23.2 Å². The van der Waals surface area contributed by atoms with Crippen molar-refractivity contribution in [2.75, 3.05) is 44.7 Å². The Balaban J connectivity index is 1.37. The number of nitrogens with one attached hydrogen (secondary N) is 4. The van der Waals surface area contributed by atoms with E-state index >= 15 is 0 Å². The van der Waals surface area contributed by atoms with Crippen LogP contribution >= 0.6 is 0 Å². The topological polar surface area (TPSA) is 161 Å². The predicted octanol–water partition coefficient (Wildman–Crippen LogP) is 0.586. The number of hydrogen-bond donors (Lipinski definition) is 5. The number of aliphatic imine (C=N–C) groups is 1. The first kappa shape index (κ1) is 28.3. The van der Waals surface area contributed by atoms with Crippen molar-refractivity contribution in [3.63, 3.8) is 0 Å². The molecule has 0 saturated carbocycles. The van der Waals surface area contributed by atoms with Gasteiger partial charge in [-0.2, -0.15) is 4.72 Å². The van der Waals surface area contributed by atoms with E-state index in [0.717, 1.165) is 44.1 Å². The standard InChI is InChI=1S/C26H34N6O6S/c1-38-24-19(16-30-26-27-12-6-13-28-26)11-14-32(24)20-8-5-7-18(15-20)23(33)29-17-22(25(34)35)31-39(36,37)21-9-3-2-4-10-21/h2-5,7-10,15,19,22,24,31H,6,11-14,16-17H2,1H3,(H,29,33)(H,34,35)(H2,27,28,30)/t19-,22-,24-/m0/s1. The minimum atomic E-state index is -4.08. The molecule has 2 aromatic rings. The number of nitrogens with zero attached hydrogens (tertiary/aromatic N) is 2. The second-order valence-electron chi connectivity index (χ2n) is 9.35. The maximum Gasteiger partial charge on any atom is 0.323 e. The van der Waals surface area contributed by atoms with Gasteiger partial charge in [-0.15, -0.1) is 0 Å². The van der Waals surface area contributed by atoms with Crippen LogP contribution in [0, 0.1) is 5.92 Å². The molecule has 12 nitrogen and oxygen atoms in total. The maximum atomic E-state index is 12.9. The molecule has 2 aromatic carbocycles. The smallest absolute Gasteiger partial charge is 0.323 e. The van der Waals surface area contributed by atoms with Crippen LogP contribution in [0.15, 0.2) is 64.5 Å². The Hall–Kier alpha value is -3.68. The zero-order chi connectivity index (χ0) is 27.8. The SMILES string of the molecule is CO[C@H]1[C@H](CNC2=NCCCN2)CCN1c1cccc(C(=O)NC[C@H](NS(=O)(=O)c2ccccc2)C(=O)O)c1. The van der Waals surface area contributed by atoms with E-state index in [1.807, 2.05) is 6.07 Å². The van der Waals surface area contributed by atoms with E-state index < -0.39 is 34.5 Å². The van der Waals surface area contributed by atoms with Gasteiger partial charge in [-0.25, -0.2) is 8.42 Å². The molecule has 0 bridgehead atoms. The van der Waals surface area contributed by atoms with Gasteiger partial charge in [-0.3, -0.25) is 14.6 Å². The fourth-order valence-electron chi connectivity index (χ4n) is 4.66. The van der Waals surface area contributed by atoms with Gasteiger partial charge in [0.05, 0.1) is 4.90 Å². The molecule has 0 aliphatic carbocycles. The summed E-state index contributed by atoms with van der Waals surface area (Å²) >= 11 is 0. The summed E-state index contributed by atoms with van der Waals surface area (Å²) in [5.74, 6) is -0.917. The van der Waals surface area contributed by atoms with E-state index in [1.54, 1.807) is 31.4 Å². The average molecular weight is 559 g/mol. The molecule has 3 atom stereocenters. The van der Waals surface area contributed by atoms with Gasteiger partial charge in [-0.05, 0) is 43.2 Å². The van der Waals surface area contributed by atoms with Gasteiger partial charge >= 0.3 is 5.97 Å². The minimum Gasteiger partial charge on any atom is -0.480 e. The van der Waals surface area contributed by atoms with Gasteiger partial charge in [0.1, 0.15) is 12.3 Å². The molecule has 4 rings (SSSR count). The Morgan fingerprint density at radius 2 is 2.00 bits per heavy atom. The lowest BCUT2D eigenvalue weighted by molar-refractivity contribution is -0.138. The molecule has 13 heteroatoms. The van der Waals surface area contributed by atoms with Crippen molar-refractivity contribution < 1.29 is 27.9 Å². The lowest BCUT2D eigenvalue weighted by atomic mass is 10.1. The highest BCUT2D eigenvalue weighted by atomic mass is 32.2. The molecule has 2 aliphatic rings. The summed E-state index contributed by atoms with van der Waals surface area (Å²) in [7, 11) is -2.42. The Bertz CT molecular complexity index is 1290. The Morgan fingerprint density at radius 3 is 2.69 bits per heavy atom. The van der Waals surface area contributed by atoms with E-state index in [2.05, 4.69) is 30.6 Å². The first-order chi connectivity index (χ1) is 18.8. The minimum absolute atomic E-state index is 0.0647. The van der Waals surface area contributed by atoms with Crippen LogP contribution in [0.25, 0.3) is 0 Å². The molecule has 0 spiro atoms. The third-order valence-electron chi connectivity index (χ3n) is 6.68. The number of carboxylic acid groups (broad SMARTS) is 1. The number of carbonyl (C=O) groups excluding carboxylic acids is 1. The van der Waals surface area contributed by atoms with E-state index in [9.17, 15) is 23.1 Å². The maximum absolute atomic E-state index is 12.9. The number of rotatable bonds is 11. The van der Waals surface area contributed by atoms with Gasteiger partial charge in [0.2, 0.25) is 10.0 Å². The van der Waals surface area contributed by atoms with Crippen LogP contribution in [-0.4, -0.2) is 83.5 Å². The number of carboxylic acids is 1. The molecule has 1 saturated heterocycles. The summed E-state index contributed by atoms with van der Waals surface area (Å²) in [6.07, 6.45) is 1.70. The summed E-state index contributed by atoms with van der Waals surface area (Å²) < 4.78 is 33.1. The van der Waals surface area contributed by atoms with Crippen molar-refractivity contribution in [3.05, 3.63) is 60.2 Å². The highest BCUT2D eigenvalue weighted by Crippen LogP contribution is 2.30.